The number of nitrogens with one attached hydrogen (secondary N) is 1. The van der Waals surface area contributed by atoms with Crippen LogP contribution < -0.4 is 11.1 Å². The molecule has 1 aromatic carbocycles. The Hall–Kier alpha value is -1.18. The first-order valence-corrected chi connectivity index (χ1v) is 8.30. The highest BCUT2D eigenvalue weighted by Gasteiger charge is 2.50. The van der Waals surface area contributed by atoms with Crippen LogP contribution in [0.15, 0.2) is 24.3 Å². The molecule has 20 heavy (non-hydrogen) atoms. The van der Waals surface area contributed by atoms with E-state index in [9.17, 15) is 0 Å². The van der Waals surface area contributed by atoms with Crippen molar-refractivity contribution >= 4 is 11.4 Å². The zero-order valence-electron chi connectivity index (χ0n) is 12.3. The Bertz CT molecular complexity index is 441. The van der Waals surface area contributed by atoms with Gasteiger partial charge in [0.2, 0.25) is 0 Å². The zero-order valence-corrected chi connectivity index (χ0v) is 12.3. The molecule has 0 aliphatic heterocycles. The molecule has 4 aliphatic carbocycles. The number of nitrogen functional groups attached to an aromatic ring is 1. The largest absolute Gasteiger partial charge is 0.399 e. The van der Waals surface area contributed by atoms with Gasteiger partial charge in [0.25, 0.3) is 0 Å². The minimum absolute atomic E-state index is 0.690. The first kappa shape index (κ1) is 12.6. The molecule has 0 heterocycles. The van der Waals surface area contributed by atoms with Gasteiger partial charge in [0.05, 0.1) is 0 Å². The maximum absolute atomic E-state index is 5.73. The molecule has 4 fully saturated rings. The molecule has 1 aromatic rings. The van der Waals surface area contributed by atoms with Gasteiger partial charge in [-0.3, -0.25) is 0 Å². The average Bonchev–Trinajstić information content (AvgIpc) is 2.39. The van der Waals surface area contributed by atoms with Crippen molar-refractivity contribution in [3.63, 3.8) is 0 Å². The predicted molar refractivity (Wildman–Crippen MR) is 84.6 cm³/mol. The standard InChI is InChI=1S/C18H26N2/c19-16-1-3-17(4-2-16)20-6-5-18-10-13-7-14(11-18)9-15(8-13)12-18/h1-4,13-15,20H,5-12,19H2. The number of hydrogen-bond donors (Lipinski definition) is 2. The van der Waals surface area contributed by atoms with Gasteiger partial charge in [0.1, 0.15) is 0 Å². The fourth-order valence-corrected chi connectivity index (χ4v) is 5.67. The maximum atomic E-state index is 5.73. The lowest BCUT2D eigenvalue weighted by molar-refractivity contribution is -0.0552. The third-order valence-corrected chi connectivity index (χ3v) is 6.06. The van der Waals surface area contributed by atoms with Crippen molar-refractivity contribution in [3.05, 3.63) is 24.3 Å². The number of hydrogen-bond acceptors (Lipinski definition) is 2. The number of rotatable bonds is 4. The van der Waals surface area contributed by atoms with Gasteiger partial charge in [0, 0.05) is 17.9 Å². The second kappa shape index (κ2) is 4.68. The van der Waals surface area contributed by atoms with Crippen LogP contribution in [0.5, 0.6) is 0 Å². The van der Waals surface area contributed by atoms with E-state index >= 15 is 0 Å². The Balaban J connectivity index is 1.36. The number of anilines is 2. The van der Waals surface area contributed by atoms with Crippen LogP contribution in [0.4, 0.5) is 11.4 Å². The summed E-state index contributed by atoms with van der Waals surface area (Å²) in [6.45, 7) is 1.12. The summed E-state index contributed by atoms with van der Waals surface area (Å²) in [6.07, 6.45) is 10.5. The van der Waals surface area contributed by atoms with E-state index in [4.69, 9.17) is 5.73 Å². The van der Waals surface area contributed by atoms with E-state index in [-0.39, 0.29) is 0 Å². The van der Waals surface area contributed by atoms with Gasteiger partial charge >= 0.3 is 0 Å². The maximum Gasteiger partial charge on any atom is 0.0341 e. The van der Waals surface area contributed by atoms with Crippen LogP contribution in [-0.4, -0.2) is 6.54 Å². The van der Waals surface area contributed by atoms with Crippen molar-refractivity contribution in [1.82, 2.24) is 0 Å². The van der Waals surface area contributed by atoms with E-state index in [1.807, 2.05) is 12.1 Å². The quantitative estimate of drug-likeness (QED) is 0.801. The molecular weight excluding hydrogens is 244 g/mol. The summed E-state index contributed by atoms with van der Waals surface area (Å²) in [6, 6.07) is 8.14. The summed E-state index contributed by atoms with van der Waals surface area (Å²) >= 11 is 0. The van der Waals surface area contributed by atoms with E-state index in [1.54, 1.807) is 19.3 Å². The van der Waals surface area contributed by atoms with Crippen LogP contribution in [0.3, 0.4) is 0 Å². The highest BCUT2D eigenvalue weighted by atomic mass is 14.9. The Morgan fingerprint density at radius 1 is 0.950 bits per heavy atom. The molecular formula is C18H26N2. The average molecular weight is 270 g/mol. The highest BCUT2D eigenvalue weighted by Crippen LogP contribution is 2.61. The number of benzene rings is 1. The Morgan fingerprint density at radius 2 is 1.50 bits per heavy atom. The lowest BCUT2D eigenvalue weighted by Gasteiger charge is -2.57. The van der Waals surface area contributed by atoms with E-state index in [2.05, 4.69) is 17.4 Å². The predicted octanol–water partition coefficient (Wildman–Crippen LogP) is 4.29. The first-order chi connectivity index (χ1) is 9.71. The first-order valence-electron chi connectivity index (χ1n) is 8.30. The van der Waals surface area contributed by atoms with Crippen LogP contribution >= 0.6 is 0 Å². The summed E-state index contributed by atoms with van der Waals surface area (Å²) in [5, 5.41) is 3.59. The third-order valence-electron chi connectivity index (χ3n) is 6.06. The van der Waals surface area contributed by atoms with Crippen LogP contribution in [0.2, 0.25) is 0 Å². The summed E-state index contributed by atoms with van der Waals surface area (Å²) in [5.41, 5.74) is 8.48. The van der Waals surface area contributed by atoms with Crippen molar-refractivity contribution in [2.45, 2.75) is 44.9 Å². The molecule has 5 rings (SSSR count). The van der Waals surface area contributed by atoms with Gasteiger partial charge in [-0.25, -0.2) is 0 Å². The molecule has 3 N–H and O–H groups in total. The molecule has 0 saturated heterocycles. The normalized spacial score (nSPS) is 38.1. The highest BCUT2D eigenvalue weighted by molar-refractivity contribution is 5.51. The SMILES string of the molecule is Nc1ccc(NCCC23CC4CC(CC(C4)C2)C3)cc1. The van der Waals surface area contributed by atoms with Crippen molar-refractivity contribution in [2.24, 2.45) is 23.2 Å². The molecule has 4 saturated carbocycles. The van der Waals surface area contributed by atoms with Crippen LogP contribution in [0.1, 0.15) is 44.9 Å². The third kappa shape index (κ3) is 2.30. The van der Waals surface area contributed by atoms with Crippen molar-refractivity contribution in [2.75, 3.05) is 17.6 Å². The monoisotopic (exact) mass is 270 g/mol. The van der Waals surface area contributed by atoms with Crippen LogP contribution in [-0.2, 0) is 0 Å². The summed E-state index contributed by atoms with van der Waals surface area (Å²) in [5.74, 6) is 3.20. The summed E-state index contributed by atoms with van der Waals surface area (Å²) in [7, 11) is 0. The second-order valence-corrected chi connectivity index (χ2v) is 7.72. The van der Waals surface area contributed by atoms with Gasteiger partial charge in [-0.15, -0.1) is 0 Å². The van der Waals surface area contributed by atoms with Crippen LogP contribution in [0.25, 0.3) is 0 Å². The Morgan fingerprint density at radius 3 is 2.05 bits per heavy atom. The topological polar surface area (TPSA) is 38.0 Å². The number of nitrogens with two attached hydrogens (primary N) is 1. The summed E-state index contributed by atoms with van der Waals surface area (Å²) < 4.78 is 0. The van der Waals surface area contributed by atoms with Crippen molar-refractivity contribution in [3.8, 4) is 0 Å². The van der Waals surface area contributed by atoms with Gasteiger partial charge in [-0.1, -0.05) is 0 Å². The minimum Gasteiger partial charge on any atom is -0.399 e. The molecule has 4 bridgehead atoms. The molecule has 0 atom stereocenters. The molecule has 0 amide bonds. The molecule has 2 nitrogen and oxygen atoms in total. The zero-order chi connectivity index (χ0) is 13.6. The van der Waals surface area contributed by atoms with E-state index in [1.165, 1.54) is 31.4 Å². The van der Waals surface area contributed by atoms with E-state index < -0.39 is 0 Å². The Kier molecular flexibility index (Phi) is 2.94. The molecule has 0 radical (unpaired) electrons. The second-order valence-electron chi connectivity index (χ2n) is 7.72. The van der Waals surface area contributed by atoms with E-state index in [0.717, 1.165) is 30.0 Å². The lowest BCUT2D eigenvalue weighted by atomic mass is 9.49. The van der Waals surface area contributed by atoms with Gasteiger partial charge in [0.15, 0.2) is 0 Å². The van der Waals surface area contributed by atoms with E-state index in [0.29, 0.717) is 5.41 Å². The summed E-state index contributed by atoms with van der Waals surface area (Å²) in [4.78, 5) is 0. The molecule has 0 unspecified atom stereocenters. The van der Waals surface area contributed by atoms with Gasteiger partial charge in [-0.2, -0.15) is 0 Å². The van der Waals surface area contributed by atoms with Crippen molar-refractivity contribution < 1.29 is 0 Å². The smallest absolute Gasteiger partial charge is 0.0341 e. The van der Waals surface area contributed by atoms with Crippen molar-refractivity contribution in [1.29, 1.82) is 0 Å². The molecule has 108 valence electrons. The molecule has 2 heteroatoms. The molecule has 0 spiro atoms. The van der Waals surface area contributed by atoms with Crippen LogP contribution in [0, 0.1) is 23.2 Å². The Labute approximate surface area is 122 Å². The molecule has 0 aromatic heterocycles. The minimum atomic E-state index is 0.690. The van der Waals surface area contributed by atoms with Gasteiger partial charge in [-0.05, 0) is 92.4 Å². The van der Waals surface area contributed by atoms with Gasteiger partial charge < -0.3 is 11.1 Å². The lowest BCUT2D eigenvalue weighted by Crippen LogP contribution is -2.46. The fraction of sp³-hybridized carbons (Fsp3) is 0.667. The fourth-order valence-electron chi connectivity index (χ4n) is 5.67. The molecule has 4 aliphatic rings.